The molecule has 114 valence electrons. The van der Waals surface area contributed by atoms with E-state index in [0.717, 1.165) is 25.4 Å². The van der Waals surface area contributed by atoms with Crippen molar-refractivity contribution in [2.45, 2.75) is 59.5 Å². The van der Waals surface area contributed by atoms with Crippen LogP contribution >= 0.6 is 0 Å². The molecule has 0 amide bonds. The van der Waals surface area contributed by atoms with E-state index in [1.807, 2.05) is 0 Å². The molecule has 1 heterocycles. The fourth-order valence-electron chi connectivity index (χ4n) is 3.13. The first-order valence-electron chi connectivity index (χ1n) is 7.79. The molecule has 1 aliphatic rings. The number of nitrogens with one attached hydrogen (secondary N) is 1. The maximum absolute atomic E-state index is 5.22. The fraction of sp³-hybridized carbons (Fsp3) is 0.812. The Morgan fingerprint density at radius 1 is 1.40 bits per heavy atom. The van der Waals surface area contributed by atoms with Crippen LogP contribution in [0, 0.1) is 19.3 Å². The van der Waals surface area contributed by atoms with Crippen LogP contribution in [0.3, 0.4) is 0 Å². The summed E-state index contributed by atoms with van der Waals surface area (Å²) in [6, 6.07) is 0.371. The number of aromatic nitrogens is 2. The van der Waals surface area contributed by atoms with Gasteiger partial charge < -0.3 is 10.1 Å². The van der Waals surface area contributed by atoms with E-state index in [9.17, 15) is 0 Å². The molecule has 20 heavy (non-hydrogen) atoms. The van der Waals surface area contributed by atoms with Crippen LogP contribution in [0.4, 0.5) is 0 Å². The molecule has 0 aromatic carbocycles. The molecule has 0 aliphatic heterocycles. The molecule has 2 rings (SSSR count). The summed E-state index contributed by atoms with van der Waals surface area (Å²) in [7, 11) is 1.79. The molecule has 1 unspecified atom stereocenters. The van der Waals surface area contributed by atoms with Gasteiger partial charge in [-0.05, 0) is 52.4 Å². The van der Waals surface area contributed by atoms with Gasteiger partial charge in [-0.1, -0.05) is 0 Å². The molecular formula is C16H29N3O. The van der Waals surface area contributed by atoms with E-state index in [1.54, 1.807) is 7.11 Å². The van der Waals surface area contributed by atoms with Crippen LogP contribution in [0.2, 0.25) is 0 Å². The third-order valence-corrected chi connectivity index (χ3v) is 4.75. The SMILES string of the molecule is CCn1nc(C)c(C(C)NCC2(CCOC)CC2)c1C. The lowest BCUT2D eigenvalue weighted by molar-refractivity contribution is 0.170. The fourth-order valence-corrected chi connectivity index (χ4v) is 3.13. The topological polar surface area (TPSA) is 39.1 Å². The zero-order valence-corrected chi connectivity index (χ0v) is 13.6. The average molecular weight is 279 g/mol. The van der Waals surface area contributed by atoms with Gasteiger partial charge in [-0.3, -0.25) is 4.68 Å². The Hall–Kier alpha value is -0.870. The second-order valence-electron chi connectivity index (χ2n) is 6.25. The Balaban J connectivity index is 1.95. The summed E-state index contributed by atoms with van der Waals surface area (Å²) in [5.74, 6) is 0. The quantitative estimate of drug-likeness (QED) is 0.795. The summed E-state index contributed by atoms with van der Waals surface area (Å²) in [5.41, 5.74) is 4.32. The minimum Gasteiger partial charge on any atom is -0.385 e. The lowest BCUT2D eigenvalue weighted by atomic mass is 10.0. The highest BCUT2D eigenvalue weighted by Gasteiger charge is 2.41. The van der Waals surface area contributed by atoms with Crippen LogP contribution in [0.5, 0.6) is 0 Å². The van der Waals surface area contributed by atoms with Gasteiger partial charge in [0, 0.05) is 44.1 Å². The Kier molecular flexibility index (Phi) is 4.86. The van der Waals surface area contributed by atoms with Gasteiger partial charge in [-0.2, -0.15) is 5.10 Å². The first kappa shape index (κ1) is 15.5. The standard InChI is InChI=1S/C16H29N3O/c1-6-19-14(4)15(13(3)18-19)12(2)17-11-16(7-8-16)9-10-20-5/h12,17H,6-11H2,1-5H3. The molecule has 1 aliphatic carbocycles. The Bertz CT molecular complexity index is 449. The second-order valence-corrected chi connectivity index (χ2v) is 6.25. The number of hydrogen-bond acceptors (Lipinski definition) is 3. The molecule has 1 aromatic rings. The number of methoxy groups -OCH3 is 1. The largest absolute Gasteiger partial charge is 0.385 e. The summed E-state index contributed by atoms with van der Waals surface area (Å²) in [5, 5.41) is 8.34. The molecule has 1 saturated carbocycles. The molecule has 1 aromatic heterocycles. The number of rotatable bonds is 8. The van der Waals surface area contributed by atoms with Crippen LogP contribution in [0.15, 0.2) is 0 Å². The third kappa shape index (κ3) is 3.23. The highest BCUT2D eigenvalue weighted by molar-refractivity contribution is 5.27. The minimum absolute atomic E-state index is 0.371. The van der Waals surface area contributed by atoms with E-state index in [1.165, 1.54) is 30.5 Å². The van der Waals surface area contributed by atoms with Crippen molar-refractivity contribution < 1.29 is 4.74 Å². The summed E-state index contributed by atoms with van der Waals surface area (Å²) < 4.78 is 7.32. The van der Waals surface area contributed by atoms with Crippen molar-refractivity contribution in [1.29, 1.82) is 0 Å². The van der Waals surface area contributed by atoms with Gasteiger partial charge in [0.25, 0.3) is 0 Å². The maximum Gasteiger partial charge on any atom is 0.0644 e. The monoisotopic (exact) mass is 279 g/mol. The van der Waals surface area contributed by atoms with E-state index in [-0.39, 0.29) is 0 Å². The Labute approximate surface area is 122 Å². The van der Waals surface area contributed by atoms with Crippen molar-refractivity contribution >= 4 is 0 Å². The Morgan fingerprint density at radius 2 is 2.10 bits per heavy atom. The normalized spacial score (nSPS) is 18.2. The van der Waals surface area contributed by atoms with E-state index < -0.39 is 0 Å². The lowest BCUT2D eigenvalue weighted by Crippen LogP contribution is -2.28. The predicted octanol–water partition coefficient (Wildman–Crippen LogP) is 2.99. The smallest absolute Gasteiger partial charge is 0.0644 e. The molecule has 0 bridgehead atoms. The van der Waals surface area contributed by atoms with Crippen molar-refractivity contribution in [3.8, 4) is 0 Å². The van der Waals surface area contributed by atoms with Gasteiger partial charge in [-0.15, -0.1) is 0 Å². The number of nitrogens with zero attached hydrogens (tertiary/aromatic N) is 2. The molecule has 4 nitrogen and oxygen atoms in total. The van der Waals surface area contributed by atoms with Gasteiger partial charge in [-0.25, -0.2) is 0 Å². The number of hydrogen-bond donors (Lipinski definition) is 1. The molecule has 0 spiro atoms. The molecule has 4 heteroatoms. The molecular weight excluding hydrogens is 250 g/mol. The lowest BCUT2D eigenvalue weighted by Gasteiger charge is -2.20. The molecule has 1 atom stereocenters. The van der Waals surface area contributed by atoms with Gasteiger partial charge >= 0.3 is 0 Å². The van der Waals surface area contributed by atoms with Crippen molar-refractivity contribution in [3.05, 3.63) is 17.0 Å². The van der Waals surface area contributed by atoms with Crippen LogP contribution < -0.4 is 5.32 Å². The minimum atomic E-state index is 0.371. The van der Waals surface area contributed by atoms with Crippen molar-refractivity contribution in [2.75, 3.05) is 20.3 Å². The molecule has 1 N–H and O–H groups in total. The molecule has 1 fully saturated rings. The summed E-state index contributed by atoms with van der Waals surface area (Å²) in [6.07, 6.45) is 3.85. The molecule has 0 saturated heterocycles. The predicted molar refractivity (Wildman–Crippen MR) is 82.0 cm³/mol. The van der Waals surface area contributed by atoms with Crippen molar-refractivity contribution in [2.24, 2.45) is 5.41 Å². The average Bonchev–Trinajstić information content (AvgIpc) is 3.14. The van der Waals surface area contributed by atoms with Gasteiger partial charge in [0.1, 0.15) is 0 Å². The van der Waals surface area contributed by atoms with Crippen molar-refractivity contribution in [3.63, 3.8) is 0 Å². The maximum atomic E-state index is 5.22. The zero-order valence-electron chi connectivity index (χ0n) is 13.6. The Morgan fingerprint density at radius 3 is 2.60 bits per heavy atom. The summed E-state index contributed by atoms with van der Waals surface area (Å²) in [6.45, 7) is 11.6. The number of ether oxygens (including phenoxy) is 1. The first-order chi connectivity index (χ1) is 9.53. The van der Waals surface area contributed by atoms with E-state index >= 15 is 0 Å². The van der Waals surface area contributed by atoms with Crippen LogP contribution in [-0.2, 0) is 11.3 Å². The second kappa shape index (κ2) is 6.27. The van der Waals surface area contributed by atoms with Crippen LogP contribution in [0.25, 0.3) is 0 Å². The summed E-state index contributed by atoms with van der Waals surface area (Å²) in [4.78, 5) is 0. The zero-order chi connectivity index (χ0) is 14.8. The van der Waals surface area contributed by atoms with E-state index in [2.05, 4.69) is 42.8 Å². The summed E-state index contributed by atoms with van der Waals surface area (Å²) >= 11 is 0. The van der Waals surface area contributed by atoms with E-state index in [4.69, 9.17) is 4.74 Å². The van der Waals surface area contributed by atoms with Crippen molar-refractivity contribution in [1.82, 2.24) is 15.1 Å². The van der Waals surface area contributed by atoms with Crippen LogP contribution in [-0.4, -0.2) is 30.0 Å². The number of aryl methyl sites for hydroxylation is 2. The van der Waals surface area contributed by atoms with Gasteiger partial charge in [0.15, 0.2) is 0 Å². The third-order valence-electron chi connectivity index (χ3n) is 4.75. The van der Waals surface area contributed by atoms with Crippen LogP contribution in [0.1, 0.15) is 56.1 Å². The van der Waals surface area contributed by atoms with Gasteiger partial charge in [0.2, 0.25) is 0 Å². The highest BCUT2D eigenvalue weighted by atomic mass is 16.5. The molecule has 0 radical (unpaired) electrons. The highest BCUT2D eigenvalue weighted by Crippen LogP contribution is 2.48. The first-order valence-corrected chi connectivity index (χ1v) is 7.79. The van der Waals surface area contributed by atoms with E-state index in [0.29, 0.717) is 11.5 Å². The van der Waals surface area contributed by atoms with Gasteiger partial charge in [0.05, 0.1) is 5.69 Å².